The van der Waals surface area contributed by atoms with Crippen molar-refractivity contribution in [3.8, 4) is 17.2 Å². The first-order chi connectivity index (χ1) is 23.4. The lowest BCUT2D eigenvalue weighted by Gasteiger charge is -2.10. The minimum Gasteiger partial charge on any atom is -0.493 e. The van der Waals surface area contributed by atoms with Gasteiger partial charge in [0.2, 0.25) is 0 Å². The molecule has 8 heteroatoms. The Morgan fingerprint density at radius 2 is 1.27 bits per heavy atom. The molecule has 260 valence electrons. The minimum absolute atomic E-state index is 0.0655. The van der Waals surface area contributed by atoms with Crippen molar-refractivity contribution in [3.63, 3.8) is 0 Å². The van der Waals surface area contributed by atoms with Crippen molar-refractivity contribution in [1.82, 2.24) is 0 Å². The highest BCUT2D eigenvalue weighted by Gasteiger charge is 2.10. The maximum atomic E-state index is 11.7. The predicted octanol–water partition coefficient (Wildman–Crippen LogP) is 9.94. The number of carbonyl (C=O) groups excluding carboxylic acids is 1. The number of allylic oxidation sites excluding steroid dienone is 6. The Labute approximate surface area is 288 Å². The van der Waals surface area contributed by atoms with Crippen molar-refractivity contribution in [2.24, 2.45) is 0 Å². The van der Waals surface area contributed by atoms with Crippen LogP contribution in [0.25, 0.3) is 21.9 Å². The molecule has 0 aliphatic carbocycles. The third-order valence-electron chi connectivity index (χ3n) is 7.53. The SMILES string of the molecule is CC(=O)c1cc2ccc(OCC=C(C)C)cc2oc1=O.COc1cc2oc(=O)ccc2cc1OC/C=C(\C)CC/C=C(\C)CCC=C(C)C. The minimum atomic E-state index is -0.619. The van der Waals surface area contributed by atoms with Gasteiger partial charge < -0.3 is 23.0 Å². The lowest BCUT2D eigenvalue weighted by Crippen LogP contribution is -2.10. The van der Waals surface area contributed by atoms with Crippen LogP contribution in [0.5, 0.6) is 17.2 Å². The van der Waals surface area contributed by atoms with E-state index in [1.165, 1.54) is 35.3 Å². The second kappa shape index (κ2) is 19.0. The summed E-state index contributed by atoms with van der Waals surface area (Å²) in [4.78, 5) is 34.3. The quantitative estimate of drug-likeness (QED) is 0.0743. The summed E-state index contributed by atoms with van der Waals surface area (Å²) in [6, 6.07) is 13.4. The molecule has 4 aromatic rings. The molecule has 0 fully saturated rings. The maximum Gasteiger partial charge on any atom is 0.347 e. The van der Waals surface area contributed by atoms with Crippen LogP contribution in [0.15, 0.2) is 114 Å². The molecule has 0 aliphatic heterocycles. The predicted molar refractivity (Wildman–Crippen MR) is 197 cm³/mol. The lowest BCUT2D eigenvalue weighted by molar-refractivity contribution is 0.101. The zero-order chi connectivity index (χ0) is 35.9. The van der Waals surface area contributed by atoms with Crippen LogP contribution in [0.2, 0.25) is 0 Å². The molecule has 49 heavy (non-hydrogen) atoms. The smallest absolute Gasteiger partial charge is 0.347 e. The monoisotopic (exact) mass is 668 g/mol. The molecule has 0 atom stereocenters. The molecule has 0 saturated heterocycles. The summed E-state index contributed by atoms with van der Waals surface area (Å²) < 4.78 is 27.1. The molecule has 0 radical (unpaired) electrons. The van der Waals surface area contributed by atoms with Gasteiger partial charge in [-0.15, -0.1) is 0 Å². The first-order valence-corrected chi connectivity index (χ1v) is 16.4. The summed E-state index contributed by atoms with van der Waals surface area (Å²) in [6.07, 6.45) is 13.0. The van der Waals surface area contributed by atoms with E-state index < -0.39 is 5.63 Å². The molecular formula is C41H48O8. The van der Waals surface area contributed by atoms with Crippen molar-refractivity contribution in [2.45, 2.75) is 74.1 Å². The standard InChI is InChI=1S/C25H32O4.C16H16O4/c1-18(2)8-6-9-19(3)10-7-11-20(4)14-15-28-24-16-21-12-13-25(26)29-22(21)17-23(24)27-5;1-10(2)6-7-19-13-5-4-12-8-14(11(3)17)16(18)20-15(12)9-13/h8,10,12-14,16-17H,6-7,9,11,15H2,1-5H3;4-6,8-9H,7H2,1-3H3/b19-10+,20-14+;. The van der Waals surface area contributed by atoms with Crippen molar-refractivity contribution < 1.29 is 27.8 Å². The molecule has 4 rings (SSSR count). The Morgan fingerprint density at radius 1 is 0.653 bits per heavy atom. The van der Waals surface area contributed by atoms with Gasteiger partial charge >= 0.3 is 11.3 Å². The number of hydrogen-bond acceptors (Lipinski definition) is 8. The van der Waals surface area contributed by atoms with Gasteiger partial charge in [0.25, 0.3) is 0 Å². The van der Waals surface area contributed by atoms with E-state index in [1.54, 1.807) is 43.5 Å². The number of ether oxygens (including phenoxy) is 3. The number of benzene rings is 2. The topological polar surface area (TPSA) is 105 Å². The van der Waals surface area contributed by atoms with Gasteiger partial charge in [-0.05, 0) is 117 Å². The molecule has 8 nitrogen and oxygen atoms in total. The fourth-order valence-electron chi connectivity index (χ4n) is 4.69. The van der Waals surface area contributed by atoms with Gasteiger partial charge in [-0.1, -0.05) is 34.4 Å². The van der Waals surface area contributed by atoms with E-state index in [9.17, 15) is 14.4 Å². The molecular weight excluding hydrogens is 620 g/mol. The summed E-state index contributed by atoms with van der Waals surface area (Å²) in [5, 5.41) is 1.50. The number of ketones is 1. The van der Waals surface area contributed by atoms with Crippen LogP contribution < -0.4 is 25.5 Å². The van der Waals surface area contributed by atoms with E-state index in [4.69, 9.17) is 23.0 Å². The fourth-order valence-corrected chi connectivity index (χ4v) is 4.69. The van der Waals surface area contributed by atoms with E-state index in [2.05, 4.69) is 45.9 Å². The van der Waals surface area contributed by atoms with Gasteiger partial charge in [0, 0.05) is 29.0 Å². The molecule has 2 aromatic heterocycles. The number of Topliss-reactive ketones (excluding diaryl/α,β-unsaturated/α-hetero) is 1. The van der Waals surface area contributed by atoms with E-state index >= 15 is 0 Å². The molecule has 2 aromatic carbocycles. The lowest BCUT2D eigenvalue weighted by atomic mass is 10.1. The van der Waals surface area contributed by atoms with Crippen molar-refractivity contribution in [3.05, 3.63) is 122 Å². The molecule has 0 spiro atoms. The Bertz CT molecular complexity index is 1980. The normalized spacial score (nSPS) is 11.4. The van der Waals surface area contributed by atoms with Crippen LogP contribution in [0.4, 0.5) is 0 Å². The summed E-state index contributed by atoms with van der Waals surface area (Å²) in [5.74, 6) is 1.50. The zero-order valence-electron chi connectivity index (χ0n) is 29.9. The van der Waals surface area contributed by atoms with Crippen LogP contribution in [-0.4, -0.2) is 26.1 Å². The zero-order valence-corrected chi connectivity index (χ0v) is 29.9. The van der Waals surface area contributed by atoms with Gasteiger partial charge in [-0.3, -0.25) is 4.79 Å². The number of methoxy groups -OCH3 is 1. The fraction of sp³-hybridized carbons (Fsp3) is 0.341. The second-order valence-electron chi connectivity index (χ2n) is 12.4. The Balaban J connectivity index is 0.000000284. The van der Waals surface area contributed by atoms with Gasteiger partial charge in [0.05, 0.1) is 7.11 Å². The third-order valence-corrected chi connectivity index (χ3v) is 7.53. The van der Waals surface area contributed by atoms with E-state index in [1.807, 2.05) is 26.0 Å². The van der Waals surface area contributed by atoms with Gasteiger partial charge in [-0.25, -0.2) is 9.59 Å². The van der Waals surface area contributed by atoms with Gasteiger partial charge in [-0.2, -0.15) is 0 Å². The third kappa shape index (κ3) is 12.8. The summed E-state index contributed by atoms with van der Waals surface area (Å²) in [7, 11) is 1.57. The van der Waals surface area contributed by atoms with E-state index in [0.717, 1.165) is 31.1 Å². The van der Waals surface area contributed by atoms with Crippen molar-refractivity contribution in [1.29, 1.82) is 0 Å². The summed E-state index contributed by atoms with van der Waals surface area (Å²) in [6.45, 7) is 14.9. The Morgan fingerprint density at radius 3 is 1.94 bits per heavy atom. The maximum absolute atomic E-state index is 11.7. The highest BCUT2D eigenvalue weighted by atomic mass is 16.5. The van der Waals surface area contributed by atoms with Crippen LogP contribution >= 0.6 is 0 Å². The number of carbonyl (C=O) groups is 1. The van der Waals surface area contributed by atoms with Crippen LogP contribution in [0, 0.1) is 0 Å². The first-order valence-electron chi connectivity index (χ1n) is 16.4. The average molecular weight is 669 g/mol. The van der Waals surface area contributed by atoms with Crippen molar-refractivity contribution in [2.75, 3.05) is 20.3 Å². The molecule has 0 bridgehead atoms. The largest absolute Gasteiger partial charge is 0.493 e. The molecule has 0 aliphatic rings. The van der Waals surface area contributed by atoms with Crippen LogP contribution in [0.1, 0.15) is 84.5 Å². The molecule has 0 N–H and O–H groups in total. The number of fused-ring (bicyclic) bond motifs is 2. The Hall–Kier alpha value is -5.11. The van der Waals surface area contributed by atoms with Crippen LogP contribution in [-0.2, 0) is 0 Å². The van der Waals surface area contributed by atoms with Crippen LogP contribution in [0.3, 0.4) is 0 Å². The second-order valence-corrected chi connectivity index (χ2v) is 12.4. The molecule has 2 heterocycles. The van der Waals surface area contributed by atoms with E-state index in [0.29, 0.717) is 47.0 Å². The van der Waals surface area contributed by atoms with Gasteiger partial charge in [0.15, 0.2) is 17.3 Å². The summed E-state index contributed by atoms with van der Waals surface area (Å²) in [5.41, 5.74) is 5.25. The Kier molecular flexibility index (Phi) is 14.9. The van der Waals surface area contributed by atoms with E-state index in [-0.39, 0.29) is 17.0 Å². The highest BCUT2D eigenvalue weighted by molar-refractivity contribution is 5.96. The number of rotatable bonds is 14. The molecule has 0 amide bonds. The average Bonchev–Trinajstić information content (AvgIpc) is 3.04. The molecule has 0 saturated carbocycles. The highest BCUT2D eigenvalue weighted by Crippen LogP contribution is 2.32. The number of hydrogen-bond donors (Lipinski definition) is 0. The first kappa shape index (κ1) is 38.3. The summed E-state index contributed by atoms with van der Waals surface area (Å²) >= 11 is 0. The molecule has 0 unspecified atom stereocenters. The van der Waals surface area contributed by atoms with Gasteiger partial charge in [0.1, 0.15) is 35.7 Å². The van der Waals surface area contributed by atoms with Crippen molar-refractivity contribution >= 4 is 27.7 Å².